The highest BCUT2D eigenvalue weighted by Crippen LogP contribution is 2.29. The highest BCUT2D eigenvalue weighted by molar-refractivity contribution is 5.47. The monoisotopic (exact) mass is 378 g/mol. The van der Waals surface area contributed by atoms with E-state index < -0.39 is 0 Å². The van der Waals surface area contributed by atoms with Crippen LogP contribution in [0.25, 0.3) is 0 Å². The van der Waals surface area contributed by atoms with Gasteiger partial charge in [0, 0.05) is 24.0 Å². The number of benzene rings is 1. The van der Waals surface area contributed by atoms with Crippen molar-refractivity contribution < 1.29 is 4.74 Å². The van der Waals surface area contributed by atoms with E-state index in [0.29, 0.717) is 19.2 Å². The molecule has 3 aromatic rings. The number of rotatable bonds is 5. The number of aromatic nitrogens is 4. The molecule has 0 saturated carbocycles. The number of hydrogen-bond acceptors (Lipinski definition) is 6. The maximum Gasteiger partial charge on any atom is 0.225 e. The predicted octanol–water partition coefficient (Wildman–Crippen LogP) is 3.57. The van der Waals surface area contributed by atoms with Crippen molar-refractivity contribution in [2.75, 3.05) is 30.0 Å². The average molecular weight is 378 g/mol. The minimum absolute atomic E-state index is 0.0589. The van der Waals surface area contributed by atoms with Crippen LogP contribution in [0.4, 0.5) is 11.8 Å². The van der Waals surface area contributed by atoms with Crippen molar-refractivity contribution >= 4 is 11.8 Å². The molecule has 0 aliphatic carbocycles. The van der Waals surface area contributed by atoms with Crippen molar-refractivity contribution in [3.05, 3.63) is 65.1 Å². The number of aromatic amines is 1. The molecule has 146 valence electrons. The number of H-pyrrole nitrogens is 1. The zero-order chi connectivity index (χ0) is 19.5. The number of morpholine rings is 1. The van der Waals surface area contributed by atoms with Gasteiger partial charge in [0.1, 0.15) is 5.82 Å². The molecule has 7 nitrogen and oxygen atoms in total. The first kappa shape index (κ1) is 18.4. The van der Waals surface area contributed by atoms with Crippen molar-refractivity contribution in [1.82, 2.24) is 20.2 Å². The molecule has 28 heavy (non-hydrogen) atoms. The van der Waals surface area contributed by atoms with Crippen molar-refractivity contribution in [1.29, 1.82) is 0 Å². The Morgan fingerprint density at radius 1 is 1.21 bits per heavy atom. The molecule has 1 saturated heterocycles. The summed E-state index contributed by atoms with van der Waals surface area (Å²) in [6, 6.07) is 12.6. The number of ether oxygens (including phenoxy) is 1. The third-order valence-corrected chi connectivity index (χ3v) is 5.21. The molecule has 0 amide bonds. The van der Waals surface area contributed by atoms with E-state index in [9.17, 15) is 0 Å². The molecule has 2 aromatic heterocycles. The fraction of sp³-hybridized carbons (Fsp3) is 0.381. The van der Waals surface area contributed by atoms with Crippen LogP contribution in [-0.4, -0.2) is 39.9 Å². The standard InChI is InChI=1S/C21H26N6O/c1-14(20-15(2)25-26-16(20)3)23-21-22-10-9-19(24-21)27-11-12-28-13-18(27)17-7-5-4-6-8-17/h4-10,14,18H,11-13H2,1-3H3,(H,25,26)(H,22,23,24)/t14?,18-/m1/s1. The van der Waals surface area contributed by atoms with Crippen LogP contribution in [0.1, 0.15) is 41.5 Å². The molecule has 0 spiro atoms. The smallest absolute Gasteiger partial charge is 0.225 e. The number of aryl methyl sites for hydroxylation is 2. The van der Waals surface area contributed by atoms with Crippen LogP contribution in [0.5, 0.6) is 0 Å². The zero-order valence-corrected chi connectivity index (χ0v) is 16.5. The summed E-state index contributed by atoms with van der Waals surface area (Å²) in [7, 11) is 0. The van der Waals surface area contributed by atoms with E-state index in [2.05, 4.69) is 56.6 Å². The Bertz CT molecular complexity index is 906. The predicted molar refractivity (Wildman–Crippen MR) is 109 cm³/mol. The van der Waals surface area contributed by atoms with Gasteiger partial charge in [-0.3, -0.25) is 5.10 Å². The molecule has 1 unspecified atom stereocenters. The molecule has 3 heterocycles. The fourth-order valence-electron chi connectivity index (χ4n) is 3.87. The SMILES string of the molecule is Cc1n[nH]c(C)c1C(C)Nc1nccc(N2CCOC[C@@H]2c2ccccc2)n1. The average Bonchev–Trinajstić information content (AvgIpc) is 3.07. The van der Waals surface area contributed by atoms with Crippen LogP contribution in [0.3, 0.4) is 0 Å². The van der Waals surface area contributed by atoms with Crippen LogP contribution in [0, 0.1) is 13.8 Å². The van der Waals surface area contributed by atoms with Gasteiger partial charge in [0.25, 0.3) is 0 Å². The second kappa shape index (κ2) is 7.98. The molecular weight excluding hydrogens is 352 g/mol. The van der Waals surface area contributed by atoms with Crippen LogP contribution < -0.4 is 10.2 Å². The number of anilines is 2. The van der Waals surface area contributed by atoms with Gasteiger partial charge >= 0.3 is 0 Å². The van der Waals surface area contributed by atoms with E-state index in [1.807, 2.05) is 32.2 Å². The van der Waals surface area contributed by atoms with E-state index in [0.717, 1.165) is 29.3 Å². The lowest BCUT2D eigenvalue weighted by Gasteiger charge is -2.36. The molecule has 1 aliphatic heterocycles. The first-order valence-corrected chi connectivity index (χ1v) is 9.64. The summed E-state index contributed by atoms with van der Waals surface area (Å²) in [5.41, 5.74) is 4.44. The molecule has 0 radical (unpaired) electrons. The molecule has 2 atom stereocenters. The third kappa shape index (κ3) is 3.71. The second-order valence-corrected chi connectivity index (χ2v) is 7.15. The van der Waals surface area contributed by atoms with Crippen molar-refractivity contribution in [2.24, 2.45) is 0 Å². The van der Waals surface area contributed by atoms with Gasteiger partial charge in [-0.05, 0) is 32.4 Å². The Morgan fingerprint density at radius 2 is 2.04 bits per heavy atom. The Hall–Kier alpha value is -2.93. The summed E-state index contributed by atoms with van der Waals surface area (Å²) >= 11 is 0. The minimum Gasteiger partial charge on any atom is -0.377 e. The van der Waals surface area contributed by atoms with Gasteiger partial charge in [-0.25, -0.2) is 4.98 Å². The normalized spacial score (nSPS) is 18.1. The Kier molecular flexibility index (Phi) is 5.25. The van der Waals surface area contributed by atoms with Gasteiger partial charge in [0.2, 0.25) is 5.95 Å². The van der Waals surface area contributed by atoms with E-state index in [1.165, 1.54) is 5.56 Å². The first-order valence-electron chi connectivity index (χ1n) is 9.64. The van der Waals surface area contributed by atoms with Gasteiger partial charge in [0.15, 0.2) is 0 Å². The molecule has 4 rings (SSSR count). The van der Waals surface area contributed by atoms with Gasteiger partial charge < -0.3 is 15.0 Å². The van der Waals surface area contributed by atoms with Crippen LogP contribution in [0.2, 0.25) is 0 Å². The minimum atomic E-state index is 0.0589. The number of nitrogens with one attached hydrogen (secondary N) is 2. The second-order valence-electron chi connectivity index (χ2n) is 7.15. The quantitative estimate of drug-likeness (QED) is 0.707. The number of nitrogens with zero attached hydrogens (tertiary/aromatic N) is 4. The van der Waals surface area contributed by atoms with Crippen molar-refractivity contribution in [2.45, 2.75) is 32.9 Å². The van der Waals surface area contributed by atoms with E-state index in [1.54, 1.807) is 0 Å². The molecule has 7 heteroatoms. The molecule has 1 fully saturated rings. The highest BCUT2D eigenvalue weighted by atomic mass is 16.5. The van der Waals surface area contributed by atoms with Gasteiger partial charge in [0.05, 0.1) is 31.0 Å². The fourth-order valence-corrected chi connectivity index (χ4v) is 3.87. The molecule has 1 aliphatic rings. The van der Waals surface area contributed by atoms with E-state index >= 15 is 0 Å². The maximum absolute atomic E-state index is 5.75. The van der Waals surface area contributed by atoms with Crippen LogP contribution in [0.15, 0.2) is 42.6 Å². The Morgan fingerprint density at radius 3 is 2.79 bits per heavy atom. The topological polar surface area (TPSA) is 79.0 Å². The van der Waals surface area contributed by atoms with Gasteiger partial charge in [-0.15, -0.1) is 0 Å². The van der Waals surface area contributed by atoms with Crippen molar-refractivity contribution in [3.8, 4) is 0 Å². The van der Waals surface area contributed by atoms with Gasteiger partial charge in [-0.1, -0.05) is 30.3 Å². The summed E-state index contributed by atoms with van der Waals surface area (Å²) in [5, 5.41) is 10.7. The van der Waals surface area contributed by atoms with E-state index in [-0.39, 0.29) is 12.1 Å². The summed E-state index contributed by atoms with van der Waals surface area (Å²) in [6.45, 7) is 8.28. The summed E-state index contributed by atoms with van der Waals surface area (Å²) in [6.07, 6.45) is 1.81. The largest absolute Gasteiger partial charge is 0.377 e. The molecule has 0 bridgehead atoms. The lowest BCUT2D eigenvalue weighted by Crippen LogP contribution is -2.40. The maximum atomic E-state index is 5.75. The lowest BCUT2D eigenvalue weighted by atomic mass is 10.1. The summed E-state index contributed by atoms with van der Waals surface area (Å²) < 4.78 is 5.75. The number of hydrogen-bond donors (Lipinski definition) is 2. The van der Waals surface area contributed by atoms with Crippen LogP contribution in [-0.2, 0) is 4.74 Å². The Labute approximate surface area is 165 Å². The van der Waals surface area contributed by atoms with Gasteiger partial charge in [-0.2, -0.15) is 10.1 Å². The van der Waals surface area contributed by atoms with E-state index in [4.69, 9.17) is 9.72 Å². The molecule has 1 aromatic carbocycles. The van der Waals surface area contributed by atoms with Crippen LogP contribution >= 0.6 is 0 Å². The molecular formula is C21H26N6O. The Balaban J connectivity index is 1.57. The molecule has 2 N–H and O–H groups in total. The third-order valence-electron chi connectivity index (χ3n) is 5.21. The lowest BCUT2D eigenvalue weighted by molar-refractivity contribution is 0.0937. The first-order chi connectivity index (χ1) is 13.6. The van der Waals surface area contributed by atoms with Crippen molar-refractivity contribution in [3.63, 3.8) is 0 Å². The summed E-state index contributed by atoms with van der Waals surface area (Å²) in [5.74, 6) is 1.52. The highest BCUT2D eigenvalue weighted by Gasteiger charge is 2.26. The summed E-state index contributed by atoms with van der Waals surface area (Å²) in [4.78, 5) is 11.5. The zero-order valence-electron chi connectivity index (χ0n) is 16.5.